The lowest BCUT2D eigenvalue weighted by Crippen LogP contribution is -2.19. The Kier molecular flexibility index (Phi) is 5.11. The molecule has 1 aromatic rings. The third-order valence-corrected chi connectivity index (χ3v) is 1.95. The van der Waals surface area contributed by atoms with Crippen LogP contribution in [0.5, 0.6) is 0 Å². The SMILES string of the molecule is O=C(/C=C/C=C/C=C/c1ccccc1)C(F)(F)F. The minimum atomic E-state index is -4.80. The summed E-state index contributed by atoms with van der Waals surface area (Å²) in [7, 11) is 0. The molecule has 0 aliphatic carbocycles. The number of carbonyl (C=O) groups excluding carboxylic acids is 1. The molecule has 0 amide bonds. The number of benzene rings is 1. The first-order valence-corrected chi connectivity index (χ1v) is 5.18. The number of hydrogen-bond donors (Lipinski definition) is 0. The number of ketones is 1. The van der Waals surface area contributed by atoms with Gasteiger partial charge in [-0.2, -0.15) is 13.2 Å². The van der Waals surface area contributed by atoms with Gasteiger partial charge in [-0.3, -0.25) is 4.79 Å². The molecule has 1 nitrogen and oxygen atoms in total. The molecular weight excluding hydrogens is 241 g/mol. The minimum Gasteiger partial charge on any atom is -0.285 e. The summed E-state index contributed by atoms with van der Waals surface area (Å²) in [5, 5.41) is 0. The molecule has 0 spiro atoms. The zero-order valence-electron chi connectivity index (χ0n) is 9.39. The van der Waals surface area contributed by atoms with Crippen molar-refractivity contribution >= 4 is 11.9 Å². The zero-order chi connectivity index (χ0) is 13.4. The predicted molar refractivity (Wildman–Crippen MR) is 64.8 cm³/mol. The third kappa shape index (κ3) is 5.30. The highest BCUT2D eigenvalue weighted by atomic mass is 19.4. The highest BCUT2D eigenvalue weighted by Gasteiger charge is 2.35. The van der Waals surface area contributed by atoms with Gasteiger partial charge in [0.25, 0.3) is 5.78 Å². The van der Waals surface area contributed by atoms with Crippen LogP contribution in [0, 0.1) is 0 Å². The van der Waals surface area contributed by atoms with Crippen molar-refractivity contribution in [1.82, 2.24) is 0 Å². The van der Waals surface area contributed by atoms with E-state index in [0.29, 0.717) is 6.08 Å². The monoisotopic (exact) mass is 252 g/mol. The van der Waals surface area contributed by atoms with E-state index < -0.39 is 12.0 Å². The van der Waals surface area contributed by atoms with Gasteiger partial charge in [0, 0.05) is 0 Å². The Morgan fingerprint density at radius 1 is 0.944 bits per heavy atom. The van der Waals surface area contributed by atoms with Crippen molar-refractivity contribution in [2.75, 3.05) is 0 Å². The van der Waals surface area contributed by atoms with Crippen molar-refractivity contribution < 1.29 is 18.0 Å². The number of allylic oxidation sites excluding steroid dienone is 5. The molecule has 0 aliphatic rings. The van der Waals surface area contributed by atoms with Crippen LogP contribution in [0.3, 0.4) is 0 Å². The first-order chi connectivity index (χ1) is 8.50. The summed E-state index contributed by atoms with van der Waals surface area (Å²) in [6.07, 6.45) is 3.14. The van der Waals surface area contributed by atoms with Gasteiger partial charge in [-0.25, -0.2) is 0 Å². The summed E-state index contributed by atoms with van der Waals surface area (Å²) >= 11 is 0. The van der Waals surface area contributed by atoms with Crippen molar-refractivity contribution in [2.24, 2.45) is 0 Å². The standard InChI is InChI=1S/C14H11F3O/c15-14(16,17)13(18)11-7-2-1-4-8-12-9-5-3-6-10-12/h1-11H/b2-1+,8-4+,11-7+. The number of alkyl halides is 3. The molecule has 0 saturated carbocycles. The van der Waals surface area contributed by atoms with Crippen molar-refractivity contribution in [1.29, 1.82) is 0 Å². The summed E-state index contributed by atoms with van der Waals surface area (Å²) in [6.45, 7) is 0. The van der Waals surface area contributed by atoms with Crippen LogP contribution in [0.1, 0.15) is 5.56 Å². The molecule has 0 unspecified atom stereocenters. The van der Waals surface area contributed by atoms with E-state index in [2.05, 4.69) is 0 Å². The van der Waals surface area contributed by atoms with Gasteiger partial charge in [0.1, 0.15) is 0 Å². The maximum atomic E-state index is 11.8. The molecule has 1 rings (SSSR count). The van der Waals surface area contributed by atoms with Crippen LogP contribution in [0.4, 0.5) is 13.2 Å². The molecule has 0 aromatic heterocycles. The molecule has 4 heteroatoms. The number of halogens is 3. The first kappa shape index (κ1) is 14.0. The van der Waals surface area contributed by atoms with Crippen LogP contribution in [0.25, 0.3) is 6.08 Å². The Balaban J connectivity index is 2.45. The second-order valence-corrected chi connectivity index (χ2v) is 3.38. The molecule has 0 aliphatic heterocycles. The highest BCUT2D eigenvalue weighted by Crippen LogP contribution is 2.16. The van der Waals surface area contributed by atoms with Crippen LogP contribution < -0.4 is 0 Å². The molecule has 1 aromatic carbocycles. The average molecular weight is 252 g/mol. The average Bonchev–Trinajstić information content (AvgIpc) is 2.33. The topological polar surface area (TPSA) is 17.1 Å². The Morgan fingerprint density at radius 2 is 1.56 bits per heavy atom. The van der Waals surface area contributed by atoms with Crippen molar-refractivity contribution in [2.45, 2.75) is 6.18 Å². The number of carbonyl (C=O) groups is 1. The second kappa shape index (κ2) is 6.59. The van der Waals surface area contributed by atoms with E-state index >= 15 is 0 Å². The molecule has 0 saturated heterocycles. The summed E-state index contributed by atoms with van der Waals surface area (Å²) in [5.41, 5.74) is 0.984. The molecule has 18 heavy (non-hydrogen) atoms. The molecular formula is C14H11F3O. The van der Waals surface area contributed by atoms with Crippen molar-refractivity contribution in [3.05, 3.63) is 66.3 Å². The molecule has 0 fully saturated rings. The first-order valence-electron chi connectivity index (χ1n) is 5.18. The fraction of sp³-hybridized carbons (Fsp3) is 0.0714. The third-order valence-electron chi connectivity index (χ3n) is 1.95. The van der Waals surface area contributed by atoms with Gasteiger partial charge in [0.05, 0.1) is 0 Å². The smallest absolute Gasteiger partial charge is 0.285 e. The van der Waals surface area contributed by atoms with E-state index in [1.54, 1.807) is 18.2 Å². The summed E-state index contributed by atoms with van der Waals surface area (Å²) in [6, 6.07) is 9.44. The minimum absolute atomic E-state index is 0.493. The molecule has 0 atom stereocenters. The fourth-order valence-electron chi connectivity index (χ4n) is 1.10. The van der Waals surface area contributed by atoms with Gasteiger partial charge in [-0.1, -0.05) is 60.7 Å². The van der Waals surface area contributed by atoms with Crippen molar-refractivity contribution in [3.8, 4) is 0 Å². The Hall–Kier alpha value is -2.10. The fourth-order valence-corrected chi connectivity index (χ4v) is 1.10. The van der Waals surface area contributed by atoms with Gasteiger partial charge < -0.3 is 0 Å². The lowest BCUT2D eigenvalue weighted by atomic mass is 10.2. The highest BCUT2D eigenvalue weighted by molar-refractivity contribution is 5.94. The van der Waals surface area contributed by atoms with Gasteiger partial charge in [-0.15, -0.1) is 0 Å². The Morgan fingerprint density at radius 3 is 2.17 bits per heavy atom. The lowest BCUT2D eigenvalue weighted by Gasteiger charge is -1.97. The summed E-state index contributed by atoms with van der Waals surface area (Å²) < 4.78 is 35.4. The lowest BCUT2D eigenvalue weighted by molar-refractivity contribution is -0.165. The number of rotatable bonds is 4. The maximum Gasteiger partial charge on any atom is 0.454 e. The van der Waals surface area contributed by atoms with Crippen LogP contribution in [-0.4, -0.2) is 12.0 Å². The summed E-state index contributed by atoms with van der Waals surface area (Å²) in [5.74, 6) is -1.86. The van der Waals surface area contributed by atoms with E-state index in [9.17, 15) is 18.0 Å². The van der Waals surface area contributed by atoms with E-state index in [1.807, 2.05) is 30.3 Å². The predicted octanol–water partition coefficient (Wildman–Crippen LogP) is 3.94. The quantitative estimate of drug-likeness (QED) is 0.586. The zero-order valence-corrected chi connectivity index (χ0v) is 9.39. The second-order valence-electron chi connectivity index (χ2n) is 3.38. The Bertz CT molecular complexity index is 468. The number of hydrogen-bond acceptors (Lipinski definition) is 1. The van der Waals surface area contributed by atoms with Crippen molar-refractivity contribution in [3.63, 3.8) is 0 Å². The normalized spacial score (nSPS) is 12.8. The van der Waals surface area contributed by atoms with E-state index in [0.717, 1.165) is 11.6 Å². The molecule has 0 heterocycles. The maximum absolute atomic E-state index is 11.8. The van der Waals surface area contributed by atoms with Crippen LogP contribution in [0.2, 0.25) is 0 Å². The molecule has 0 bridgehead atoms. The Labute approximate surface area is 103 Å². The van der Waals surface area contributed by atoms with Gasteiger partial charge >= 0.3 is 6.18 Å². The molecule has 0 radical (unpaired) electrons. The van der Waals surface area contributed by atoms with Crippen LogP contribution >= 0.6 is 0 Å². The van der Waals surface area contributed by atoms with E-state index in [4.69, 9.17) is 0 Å². The van der Waals surface area contributed by atoms with Crippen LogP contribution in [-0.2, 0) is 4.79 Å². The van der Waals surface area contributed by atoms with E-state index in [1.165, 1.54) is 6.08 Å². The van der Waals surface area contributed by atoms with Crippen LogP contribution in [0.15, 0.2) is 60.7 Å². The van der Waals surface area contributed by atoms with Gasteiger partial charge in [0.15, 0.2) is 0 Å². The van der Waals surface area contributed by atoms with Gasteiger partial charge in [0.2, 0.25) is 0 Å². The van der Waals surface area contributed by atoms with Gasteiger partial charge in [-0.05, 0) is 11.6 Å². The molecule has 94 valence electrons. The summed E-state index contributed by atoms with van der Waals surface area (Å²) in [4.78, 5) is 10.5. The molecule has 0 N–H and O–H groups in total. The van der Waals surface area contributed by atoms with E-state index in [-0.39, 0.29) is 0 Å². The largest absolute Gasteiger partial charge is 0.454 e.